The van der Waals surface area contributed by atoms with Crippen LogP contribution in [-0.2, 0) is 0 Å². The molecule has 0 saturated heterocycles. The number of hydrogen-bond donors (Lipinski definition) is 1. The molecule has 0 unspecified atom stereocenters. The fourth-order valence-corrected chi connectivity index (χ4v) is 4.33. The Balaban J connectivity index is 1.77. The minimum Gasteiger partial charge on any atom is -0.435 e. The molecule has 0 fully saturated rings. The predicted molar refractivity (Wildman–Crippen MR) is 104 cm³/mol. The fourth-order valence-electron chi connectivity index (χ4n) is 2.76. The van der Waals surface area contributed by atoms with Crippen molar-refractivity contribution in [1.29, 1.82) is 0 Å². The van der Waals surface area contributed by atoms with Gasteiger partial charge in [0.2, 0.25) is 0 Å². The number of para-hydroxylation sites is 3. The number of H-pyrrole nitrogens is 1. The molecule has 124 valence electrons. The summed E-state index contributed by atoms with van der Waals surface area (Å²) in [7, 11) is -1.32. The predicted octanol–water partition coefficient (Wildman–Crippen LogP) is 5.57. The SMILES string of the molecule is Cc1[nH]c2ccccc2c1P(Oc1ccccc1)Oc1ccccc1. The maximum atomic E-state index is 6.27. The number of rotatable bonds is 5. The van der Waals surface area contributed by atoms with Crippen LogP contribution >= 0.6 is 8.38 Å². The summed E-state index contributed by atoms with van der Waals surface area (Å²) in [5.41, 5.74) is 2.16. The van der Waals surface area contributed by atoms with Crippen molar-refractivity contribution in [3.05, 3.63) is 90.6 Å². The van der Waals surface area contributed by atoms with Crippen molar-refractivity contribution in [2.45, 2.75) is 6.92 Å². The van der Waals surface area contributed by atoms with Crippen LogP contribution in [0.2, 0.25) is 0 Å². The number of nitrogens with one attached hydrogen (secondary N) is 1. The molecule has 0 spiro atoms. The smallest absolute Gasteiger partial charge is 0.328 e. The molecule has 0 aliphatic heterocycles. The van der Waals surface area contributed by atoms with Crippen LogP contribution in [0.4, 0.5) is 0 Å². The quantitative estimate of drug-likeness (QED) is 0.479. The van der Waals surface area contributed by atoms with Crippen molar-refractivity contribution < 1.29 is 9.05 Å². The highest BCUT2D eigenvalue weighted by molar-refractivity contribution is 7.57. The third-order valence-corrected chi connectivity index (χ3v) is 5.60. The lowest BCUT2D eigenvalue weighted by molar-refractivity contribution is 0.502. The lowest BCUT2D eigenvalue weighted by atomic mass is 10.2. The fraction of sp³-hybridized carbons (Fsp3) is 0.0476. The van der Waals surface area contributed by atoms with Crippen LogP contribution in [0.5, 0.6) is 11.5 Å². The second-order valence-corrected chi connectivity index (χ2v) is 7.04. The second-order valence-electron chi connectivity index (χ2n) is 5.71. The van der Waals surface area contributed by atoms with Crippen molar-refractivity contribution >= 4 is 24.6 Å². The molecule has 0 amide bonds. The molecule has 0 saturated carbocycles. The molecule has 0 aliphatic rings. The highest BCUT2D eigenvalue weighted by atomic mass is 31.2. The van der Waals surface area contributed by atoms with Crippen LogP contribution in [-0.4, -0.2) is 4.98 Å². The number of aromatic nitrogens is 1. The van der Waals surface area contributed by atoms with Crippen molar-refractivity contribution in [3.8, 4) is 11.5 Å². The van der Waals surface area contributed by atoms with E-state index in [0.29, 0.717) is 0 Å². The molecule has 4 rings (SSSR count). The molecule has 1 N–H and O–H groups in total. The van der Waals surface area contributed by atoms with E-state index < -0.39 is 8.38 Å². The molecular weight excluding hydrogens is 329 g/mol. The molecule has 0 aliphatic carbocycles. The number of aryl methyl sites for hydroxylation is 1. The topological polar surface area (TPSA) is 34.2 Å². The van der Waals surface area contributed by atoms with Gasteiger partial charge in [0.1, 0.15) is 11.5 Å². The first-order chi connectivity index (χ1) is 12.3. The van der Waals surface area contributed by atoms with Gasteiger partial charge in [-0.3, -0.25) is 0 Å². The highest BCUT2D eigenvalue weighted by Gasteiger charge is 2.25. The first kappa shape index (κ1) is 15.7. The van der Waals surface area contributed by atoms with Crippen LogP contribution in [0.25, 0.3) is 10.9 Å². The minimum atomic E-state index is -1.32. The summed E-state index contributed by atoms with van der Waals surface area (Å²) in [6.45, 7) is 2.06. The molecule has 0 bridgehead atoms. The Morgan fingerprint density at radius 3 is 1.80 bits per heavy atom. The van der Waals surface area contributed by atoms with Gasteiger partial charge in [-0.1, -0.05) is 54.6 Å². The van der Waals surface area contributed by atoms with E-state index in [9.17, 15) is 0 Å². The lowest BCUT2D eigenvalue weighted by Gasteiger charge is -2.19. The van der Waals surface area contributed by atoms with E-state index in [0.717, 1.165) is 33.4 Å². The molecule has 4 aromatic rings. The van der Waals surface area contributed by atoms with E-state index in [1.807, 2.05) is 72.8 Å². The average Bonchev–Trinajstić information content (AvgIpc) is 2.98. The first-order valence-corrected chi connectivity index (χ1v) is 9.32. The molecule has 1 heterocycles. The molecular formula is C21H18NO2P. The summed E-state index contributed by atoms with van der Waals surface area (Å²) in [4.78, 5) is 3.44. The van der Waals surface area contributed by atoms with Crippen LogP contribution in [0.15, 0.2) is 84.9 Å². The zero-order valence-electron chi connectivity index (χ0n) is 13.8. The van der Waals surface area contributed by atoms with Gasteiger partial charge < -0.3 is 14.0 Å². The molecule has 0 atom stereocenters. The Morgan fingerprint density at radius 1 is 0.680 bits per heavy atom. The molecule has 4 heteroatoms. The van der Waals surface area contributed by atoms with E-state index in [1.165, 1.54) is 0 Å². The largest absolute Gasteiger partial charge is 0.435 e. The Bertz CT molecular complexity index is 926. The van der Waals surface area contributed by atoms with Gasteiger partial charge in [0.25, 0.3) is 0 Å². The maximum Gasteiger partial charge on any atom is 0.328 e. The number of hydrogen-bond acceptors (Lipinski definition) is 2. The third kappa shape index (κ3) is 3.38. The minimum absolute atomic E-state index is 0.800. The van der Waals surface area contributed by atoms with Gasteiger partial charge in [0.05, 0.1) is 5.30 Å². The summed E-state index contributed by atoms with van der Waals surface area (Å²) in [5.74, 6) is 1.60. The van der Waals surface area contributed by atoms with Gasteiger partial charge in [-0.05, 0) is 37.3 Å². The van der Waals surface area contributed by atoms with Crippen molar-refractivity contribution in [2.75, 3.05) is 0 Å². The zero-order chi connectivity index (χ0) is 17.1. The van der Waals surface area contributed by atoms with Gasteiger partial charge in [-0.25, -0.2) is 0 Å². The normalized spacial score (nSPS) is 11.0. The monoisotopic (exact) mass is 347 g/mol. The number of aromatic amines is 1. The Labute approximate surface area is 148 Å². The maximum absolute atomic E-state index is 6.27. The average molecular weight is 347 g/mol. The number of fused-ring (bicyclic) bond motifs is 1. The van der Waals surface area contributed by atoms with Crippen LogP contribution in [0.3, 0.4) is 0 Å². The highest BCUT2D eigenvalue weighted by Crippen LogP contribution is 2.42. The Kier molecular flexibility index (Phi) is 4.41. The van der Waals surface area contributed by atoms with Crippen molar-refractivity contribution in [1.82, 2.24) is 4.98 Å². The van der Waals surface area contributed by atoms with Crippen LogP contribution < -0.4 is 14.4 Å². The summed E-state index contributed by atoms with van der Waals surface area (Å²) >= 11 is 0. The molecule has 0 radical (unpaired) electrons. The van der Waals surface area contributed by atoms with Gasteiger partial charge >= 0.3 is 8.38 Å². The Morgan fingerprint density at radius 2 is 1.20 bits per heavy atom. The van der Waals surface area contributed by atoms with Gasteiger partial charge in [-0.15, -0.1) is 0 Å². The number of benzene rings is 3. The van der Waals surface area contributed by atoms with Crippen LogP contribution in [0, 0.1) is 6.92 Å². The van der Waals surface area contributed by atoms with E-state index >= 15 is 0 Å². The van der Waals surface area contributed by atoms with E-state index in [-0.39, 0.29) is 0 Å². The summed E-state index contributed by atoms with van der Waals surface area (Å²) in [6, 6.07) is 27.9. The van der Waals surface area contributed by atoms with Crippen molar-refractivity contribution in [2.24, 2.45) is 0 Å². The first-order valence-electron chi connectivity index (χ1n) is 8.15. The standard InChI is InChI=1S/C21H18NO2P/c1-16-21(19-14-8-9-15-20(19)22-16)25(23-17-10-4-2-5-11-17)24-18-12-6-3-7-13-18/h2-15,22H,1H3. The van der Waals surface area contributed by atoms with Gasteiger partial charge in [-0.2, -0.15) is 0 Å². The second kappa shape index (κ2) is 7.00. The summed E-state index contributed by atoms with van der Waals surface area (Å²) < 4.78 is 12.5. The van der Waals surface area contributed by atoms with Crippen molar-refractivity contribution in [3.63, 3.8) is 0 Å². The van der Waals surface area contributed by atoms with Gasteiger partial charge in [0.15, 0.2) is 0 Å². The molecule has 3 nitrogen and oxygen atoms in total. The summed E-state index contributed by atoms with van der Waals surface area (Å²) in [6.07, 6.45) is 0. The summed E-state index contributed by atoms with van der Waals surface area (Å²) in [5, 5.41) is 2.22. The van der Waals surface area contributed by atoms with Gasteiger partial charge in [0, 0.05) is 16.6 Å². The third-order valence-electron chi connectivity index (χ3n) is 3.91. The molecule has 1 aromatic heterocycles. The Hall–Kier alpha value is -2.77. The molecule has 25 heavy (non-hydrogen) atoms. The van der Waals surface area contributed by atoms with E-state index in [4.69, 9.17) is 9.05 Å². The van der Waals surface area contributed by atoms with Crippen LogP contribution in [0.1, 0.15) is 5.69 Å². The van der Waals surface area contributed by atoms with E-state index in [1.54, 1.807) is 0 Å². The van der Waals surface area contributed by atoms with E-state index in [2.05, 4.69) is 24.0 Å². The lowest BCUT2D eigenvalue weighted by Crippen LogP contribution is -2.12. The molecule has 3 aromatic carbocycles. The zero-order valence-corrected chi connectivity index (χ0v) is 14.7.